The van der Waals surface area contributed by atoms with Gasteiger partial charge in [0.25, 0.3) is 11.1 Å². The van der Waals surface area contributed by atoms with E-state index in [0.717, 1.165) is 10.1 Å². The second-order valence-electron chi connectivity index (χ2n) is 6.33. The molecule has 0 amide bonds. The van der Waals surface area contributed by atoms with E-state index in [4.69, 9.17) is 4.74 Å². The largest absolute Gasteiger partial charge is 0.456 e. The zero-order valence-corrected chi connectivity index (χ0v) is 15.2. The molecule has 0 atom stereocenters. The molecule has 10 nitrogen and oxygen atoms in total. The predicted molar refractivity (Wildman–Crippen MR) is 99.7 cm³/mol. The molecule has 0 spiro atoms. The van der Waals surface area contributed by atoms with Crippen molar-refractivity contribution >= 4 is 27.9 Å². The highest BCUT2D eigenvalue weighted by Gasteiger charge is 2.13. The lowest BCUT2D eigenvalue weighted by Gasteiger charge is -2.08. The first-order chi connectivity index (χ1) is 13.4. The number of para-hydroxylation sites is 1. The number of nitrogens with zero attached hydrogens (tertiary/aromatic N) is 5. The Balaban J connectivity index is 1.52. The van der Waals surface area contributed by atoms with Crippen molar-refractivity contribution in [2.24, 2.45) is 7.05 Å². The van der Waals surface area contributed by atoms with Gasteiger partial charge in [0.05, 0.1) is 17.1 Å². The Morgan fingerprint density at radius 2 is 2.07 bits per heavy atom. The second-order valence-corrected chi connectivity index (χ2v) is 6.33. The van der Waals surface area contributed by atoms with Crippen LogP contribution in [-0.2, 0) is 29.7 Å². The van der Waals surface area contributed by atoms with Crippen molar-refractivity contribution in [3.05, 3.63) is 62.8 Å². The van der Waals surface area contributed by atoms with E-state index in [2.05, 4.69) is 20.1 Å². The highest BCUT2D eigenvalue weighted by molar-refractivity contribution is 5.80. The maximum Gasteiger partial charge on any atom is 0.326 e. The fourth-order valence-corrected chi connectivity index (χ4v) is 2.93. The molecule has 0 saturated carbocycles. The molecule has 0 unspecified atom stereocenters. The number of ether oxygens (including phenoxy) is 1. The molecule has 142 valence electrons. The van der Waals surface area contributed by atoms with Crippen molar-refractivity contribution in [3.8, 4) is 0 Å². The molecule has 1 N–H and O–H groups in total. The number of esters is 1. The van der Waals surface area contributed by atoms with Crippen molar-refractivity contribution in [2.45, 2.75) is 20.1 Å². The van der Waals surface area contributed by atoms with Crippen LogP contribution in [0.3, 0.4) is 0 Å². The van der Waals surface area contributed by atoms with Crippen LogP contribution in [0.2, 0.25) is 0 Å². The van der Waals surface area contributed by atoms with E-state index in [9.17, 15) is 14.4 Å². The summed E-state index contributed by atoms with van der Waals surface area (Å²) in [5.74, 6) is -0.423. The van der Waals surface area contributed by atoms with Crippen LogP contribution >= 0.6 is 0 Å². The zero-order valence-electron chi connectivity index (χ0n) is 15.2. The van der Waals surface area contributed by atoms with Crippen LogP contribution in [0.4, 0.5) is 0 Å². The van der Waals surface area contributed by atoms with Crippen molar-refractivity contribution in [3.63, 3.8) is 0 Å². The predicted octanol–water partition coefficient (Wildman–Crippen LogP) is 0.418. The number of aromatic amines is 1. The van der Waals surface area contributed by atoms with Gasteiger partial charge < -0.3 is 9.72 Å². The number of benzene rings is 1. The summed E-state index contributed by atoms with van der Waals surface area (Å²) in [6.07, 6.45) is 2.67. The third-order valence-electron chi connectivity index (χ3n) is 4.37. The number of carbonyl (C=O) groups is 1. The van der Waals surface area contributed by atoms with Gasteiger partial charge >= 0.3 is 5.97 Å². The van der Waals surface area contributed by atoms with Crippen LogP contribution in [0.5, 0.6) is 0 Å². The van der Waals surface area contributed by atoms with Gasteiger partial charge in [-0.25, -0.2) is 9.97 Å². The molecule has 0 aliphatic carbocycles. The van der Waals surface area contributed by atoms with Gasteiger partial charge in [-0.15, -0.1) is 0 Å². The summed E-state index contributed by atoms with van der Waals surface area (Å²) < 4.78 is 7.79. The SMILES string of the molecule is Cc1cccc2c(=O)[nH]c(COC(=O)Cn3cnc4c(cnn4C)c3=O)nc12. The molecule has 0 aliphatic heterocycles. The third kappa shape index (κ3) is 3.04. The van der Waals surface area contributed by atoms with Gasteiger partial charge in [-0.2, -0.15) is 5.10 Å². The topological polar surface area (TPSA) is 125 Å². The lowest BCUT2D eigenvalue weighted by Crippen LogP contribution is -2.26. The molecule has 1 aromatic carbocycles. The van der Waals surface area contributed by atoms with Crippen LogP contribution in [0.25, 0.3) is 21.9 Å². The Labute approximate surface area is 157 Å². The van der Waals surface area contributed by atoms with Crippen molar-refractivity contribution in [2.75, 3.05) is 0 Å². The molecular formula is C18H16N6O4. The van der Waals surface area contributed by atoms with E-state index >= 15 is 0 Å². The number of H-pyrrole nitrogens is 1. The third-order valence-corrected chi connectivity index (χ3v) is 4.37. The Hall–Kier alpha value is -3.82. The number of carbonyl (C=O) groups excluding carboxylic acids is 1. The summed E-state index contributed by atoms with van der Waals surface area (Å²) in [6.45, 7) is 1.32. The van der Waals surface area contributed by atoms with Crippen molar-refractivity contribution < 1.29 is 9.53 Å². The smallest absolute Gasteiger partial charge is 0.326 e. The van der Waals surface area contributed by atoms with Crippen LogP contribution in [0.15, 0.2) is 40.3 Å². The molecule has 0 bridgehead atoms. The van der Waals surface area contributed by atoms with Gasteiger partial charge in [-0.1, -0.05) is 12.1 Å². The maximum absolute atomic E-state index is 12.4. The molecular weight excluding hydrogens is 364 g/mol. The van der Waals surface area contributed by atoms with Gasteiger partial charge in [0.15, 0.2) is 5.65 Å². The Kier molecular flexibility index (Phi) is 4.22. The van der Waals surface area contributed by atoms with E-state index in [1.165, 1.54) is 17.2 Å². The van der Waals surface area contributed by atoms with Gasteiger partial charge in [-0.05, 0) is 18.6 Å². The van der Waals surface area contributed by atoms with Gasteiger partial charge in [0, 0.05) is 7.05 Å². The molecule has 0 fully saturated rings. The maximum atomic E-state index is 12.4. The number of hydrogen-bond acceptors (Lipinski definition) is 7. The summed E-state index contributed by atoms with van der Waals surface area (Å²) in [7, 11) is 1.67. The number of aromatic nitrogens is 6. The Bertz CT molecular complexity index is 1330. The Morgan fingerprint density at radius 1 is 1.25 bits per heavy atom. The minimum absolute atomic E-state index is 0.213. The van der Waals surface area contributed by atoms with Gasteiger partial charge in [0.1, 0.15) is 30.7 Å². The molecule has 4 rings (SSSR count). The quantitative estimate of drug-likeness (QED) is 0.509. The minimum Gasteiger partial charge on any atom is -0.456 e. The molecule has 0 aliphatic rings. The molecule has 3 aromatic heterocycles. The van der Waals surface area contributed by atoms with E-state index in [1.807, 2.05) is 13.0 Å². The van der Waals surface area contributed by atoms with E-state index < -0.39 is 5.97 Å². The first kappa shape index (κ1) is 17.6. The lowest BCUT2D eigenvalue weighted by atomic mass is 10.1. The van der Waals surface area contributed by atoms with Crippen LogP contribution in [0, 0.1) is 6.92 Å². The molecule has 0 saturated heterocycles. The standard InChI is InChI=1S/C18H16N6O4/c1-10-4-3-5-11-15(10)21-13(22-17(11)26)8-28-14(25)7-24-9-19-16-12(18(24)27)6-20-23(16)2/h3-6,9H,7-8H2,1-2H3,(H,21,22,26). The number of fused-ring (bicyclic) bond motifs is 2. The van der Waals surface area contributed by atoms with E-state index in [1.54, 1.807) is 19.2 Å². The summed E-state index contributed by atoms with van der Waals surface area (Å²) in [5.41, 5.74) is 1.14. The van der Waals surface area contributed by atoms with E-state index in [-0.39, 0.29) is 30.1 Å². The molecule has 0 radical (unpaired) electrons. The van der Waals surface area contributed by atoms with Crippen LogP contribution in [-0.4, -0.2) is 35.3 Å². The number of aryl methyl sites for hydroxylation is 2. The Morgan fingerprint density at radius 3 is 2.89 bits per heavy atom. The average Bonchev–Trinajstić information content (AvgIpc) is 3.05. The molecule has 28 heavy (non-hydrogen) atoms. The molecule has 3 heterocycles. The fourth-order valence-electron chi connectivity index (χ4n) is 2.93. The lowest BCUT2D eigenvalue weighted by molar-refractivity contribution is -0.146. The van der Waals surface area contributed by atoms with Crippen LogP contribution < -0.4 is 11.1 Å². The van der Waals surface area contributed by atoms with Crippen molar-refractivity contribution in [1.82, 2.24) is 29.3 Å². The number of hydrogen-bond donors (Lipinski definition) is 1. The normalized spacial score (nSPS) is 11.2. The molecule has 10 heteroatoms. The van der Waals surface area contributed by atoms with E-state index in [0.29, 0.717) is 21.9 Å². The first-order valence-electron chi connectivity index (χ1n) is 8.45. The summed E-state index contributed by atoms with van der Waals surface area (Å²) >= 11 is 0. The first-order valence-corrected chi connectivity index (χ1v) is 8.45. The summed E-state index contributed by atoms with van der Waals surface area (Å²) in [6, 6.07) is 5.30. The number of nitrogens with one attached hydrogen (secondary N) is 1. The van der Waals surface area contributed by atoms with Gasteiger partial charge in [-0.3, -0.25) is 23.6 Å². The number of rotatable bonds is 4. The monoisotopic (exact) mass is 380 g/mol. The summed E-state index contributed by atoms with van der Waals surface area (Å²) in [4.78, 5) is 47.8. The highest BCUT2D eigenvalue weighted by Crippen LogP contribution is 2.12. The average molecular weight is 380 g/mol. The fraction of sp³-hybridized carbons (Fsp3) is 0.222. The van der Waals surface area contributed by atoms with Gasteiger partial charge in [0.2, 0.25) is 0 Å². The highest BCUT2D eigenvalue weighted by atomic mass is 16.5. The minimum atomic E-state index is -0.653. The zero-order chi connectivity index (χ0) is 19.8. The van der Waals surface area contributed by atoms with Crippen LogP contribution in [0.1, 0.15) is 11.4 Å². The van der Waals surface area contributed by atoms with Crippen molar-refractivity contribution in [1.29, 1.82) is 0 Å². The summed E-state index contributed by atoms with van der Waals surface area (Å²) in [5, 5.41) is 4.76. The molecule has 4 aromatic rings. The second kappa shape index (κ2) is 6.72.